The third-order valence-corrected chi connectivity index (χ3v) is 5.59. The Morgan fingerprint density at radius 3 is 2.65 bits per heavy atom. The molecule has 1 aliphatic carbocycles. The van der Waals surface area contributed by atoms with Gasteiger partial charge in [0.15, 0.2) is 0 Å². The van der Waals surface area contributed by atoms with Crippen LogP contribution in [0, 0.1) is 19.8 Å². The van der Waals surface area contributed by atoms with Crippen molar-refractivity contribution < 1.29 is 13.5 Å². The Morgan fingerprint density at radius 2 is 2.10 bits per heavy atom. The number of rotatable bonds is 7. The molecule has 1 atom stereocenters. The Labute approximate surface area is 120 Å². The van der Waals surface area contributed by atoms with Crippen molar-refractivity contribution in [3.05, 3.63) is 11.4 Å². The number of aliphatic hydroxyl groups excluding tert-OH is 1. The highest BCUT2D eigenvalue weighted by Gasteiger charge is 2.33. The number of nitrogens with zero attached hydrogens (tertiary/aromatic N) is 2. The molecule has 1 aromatic heterocycles. The lowest BCUT2D eigenvalue weighted by atomic mass is 10.2. The summed E-state index contributed by atoms with van der Waals surface area (Å²) >= 11 is 0. The van der Waals surface area contributed by atoms with Crippen molar-refractivity contribution in [2.45, 2.75) is 57.5 Å². The smallest absolute Gasteiger partial charge is 0.244 e. The van der Waals surface area contributed by atoms with E-state index in [9.17, 15) is 8.42 Å². The van der Waals surface area contributed by atoms with E-state index in [4.69, 9.17) is 5.11 Å². The van der Waals surface area contributed by atoms with Crippen molar-refractivity contribution in [1.82, 2.24) is 14.5 Å². The first kappa shape index (κ1) is 15.5. The molecular formula is C13H23N3O3S. The molecule has 1 aliphatic rings. The van der Waals surface area contributed by atoms with Gasteiger partial charge in [-0.25, -0.2) is 13.1 Å². The molecular weight excluding hydrogens is 278 g/mol. The predicted molar refractivity (Wildman–Crippen MR) is 75.9 cm³/mol. The number of hydrogen-bond donors (Lipinski definition) is 2. The molecule has 1 fully saturated rings. The van der Waals surface area contributed by atoms with Crippen molar-refractivity contribution in [3.8, 4) is 0 Å². The lowest BCUT2D eigenvalue weighted by Crippen LogP contribution is -2.34. The molecule has 114 valence electrons. The third-order valence-electron chi connectivity index (χ3n) is 3.78. The summed E-state index contributed by atoms with van der Waals surface area (Å²) in [6, 6.07) is -0.0282. The Hall–Kier alpha value is -0.920. The van der Waals surface area contributed by atoms with E-state index < -0.39 is 10.0 Å². The summed E-state index contributed by atoms with van der Waals surface area (Å²) in [4.78, 5) is 0.280. The summed E-state index contributed by atoms with van der Waals surface area (Å²) < 4.78 is 29.4. The van der Waals surface area contributed by atoms with Crippen molar-refractivity contribution in [2.75, 3.05) is 6.61 Å². The van der Waals surface area contributed by atoms with Gasteiger partial charge >= 0.3 is 0 Å². The highest BCUT2D eigenvalue weighted by atomic mass is 32.2. The molecule has 6 nitrogen and oxygen atoms in total. The van der Waals surface area contributed by atoms with Gasteiger partial charge in [-0.2, -0.15) is 5.10 Å². The molecule has 0 radical (unpaired) electrons. The fraction of sp³-hybridized carbons (Fsp3) is 0.769. The summed E-state index contributed by atoms with van der Waals surface area (Å²) in [5.41, 5.74) is 1.14. The van der Waals surface area contributed by atoms with E-state index in [1.54, 1.807) is 18.5 Å². The number of hydrogen-bond acceptors (Lipinski definition) is 4. The Balaban J connectivity index is 2.23. The fourth-order valence-electron chi connectivity index (χ4n) is 2.50. The minimum atomic E-state index is -3.53. The van der Waals surface area contributed by atoms with Crippen LogP contribution in [0.5, 0.6) is 0 Å². The standard InChI is InChI=1S/C13H23N3O3S/c1-9(12-5-6-12)15-20(18,19)13-10(2)14-16(11(13)3)7-4-8-17/h9,12,15,17H,4-8H2,1-3H3. The second-order valence-electron chi connectivity index (χ2n) is 5.55. The molecule has 1 saturated carbocycles. The van der Waals surface area contributed by atoms with Gasteiger partial charge in [0.25, 0.3) is 0 Å². The third kappa shape index (κ3) is 3.21. The summed E-state index contributed by atoms with van der Waals surface area (Å²) in [5, 5.41) is 13.1. The molecule has 1 heterocycles. The maximum absolute atomic E-state index is 12.5. The van der Waals surface area contributed by atoms with Crippen LogP contribution in [-0.4, -0.2) is 36.0 Å². The fourth-order valence-corrected chi connectivity index (χ4v) is 4.23. The minimum absolute atomic E-state index is 0.0282. The first-order valence-corrected chi connectivity index (χ1v) is 8.52. The van der Waals surface area contributed by atoms with Crippen molar-refractivity contribution in [1.29, 1.82) is 0 Å². The number of sulfonamides is 1. The second-order valence-corrected chi connectivity index (χ2v) is 7.20. The van der Waals surface area contributed by atoms with Crippen LogP contribution in [0.4, 0.5) is 0 Å². The normalized spacial score (nSPS) is 17.4. The van der Waals surface area contributed by atoms with Crippen LogP contribution >= 0.6 is 0 Å². The van der Waals surface area contributed by atoms with E-state index in [1.165, 1.54) is 0 Å². The lowest BCUT2D eigenvalue weighted by molar-refractivity contribution is 0.276. The van der Waals surface area contributed by atoms with E-state index in [-0.39, 0.29) is 17.5 Å². The molecule has 0 aromatic carbocycles. The van der Waals surface area contributed by atoms with E-state index in [1.807, 2.05) is 6.92 Å². The van der Waals surface area contributed by atoms with E-state index in [0.29, 0.717) is 30.3 Å². The molecule has 0 aliphatic heterocycles. The maximum Gasteiger partial charge on any atom is 0.244 e. The molecule has 20 heavy (non-hydrogen) atoms. The number of nitrogens with one attached hydrogen (secondary N) is 1. The number of aliphatic hydroxyl groups is 1. The van der Waals surface area contributed by atoms with Gasteiger partial charge in [0, 0.05) is 19.2 Å². The molecule has 0 spiro atoms. The number of aromatic nitrogens is 2. The highest BCUT2D eigenvalue weighted by Crippen LogP contribution is 2.33. The Bertz CT molecular complexity index is 576. The molecule has 2 N–H and O–H groups in total. The first-order chi connectivity index (χ1) is 9.36. The summed E-state index contributed by atoms with van der Waals surface area (Å²) in [6.45, 7) is 5.97. The van der Waals surface area contributed by atoms with Gasteiger partial charge in [0.05, 0.1) is 11.4 Å². The molecule has 0 amide bonds. The summed E-state index contributed by atoms with van der Waals surface area (Å²) in [7, 11) is -3.53. The van der Waals surface area contributed by atoms with E-state index >= 15 is 0 Å². The van der Waals surface area contributed by atoms with E-state index in [2.05, 4.69) is 9.82 Å². The molecule has 1 unspecified atom stereocenters. The predicted octanol–water partition coefficient (Wildman–Crippen LogP) is 0.959. The quantitative estimate of drug-likeness (QED) is 0.785. The van der Waals surface area contributed by atoms with Gasteiger partial charge in [0.2, 0.25) is 10.0 Å². The van der Waals surface area contributed by atoms with Gasteiger partial charge in [-0.1, -0.05) is 0 Å². The molecule has 7 heteroatoms. The van der Waals surface area contributed by atoms with Crippen LogP contribution in [-0.2, 0) is 16.6 Å². The molecule has 0 saturated heterocycles. The SMILES string of the molecule is Cc1nn(CCCO)c(C)c1S(=O)(=O)NC(C)C1CC1. The van der Waals surface area contributed by atoms with Crippen LogP contribution < -0.4 is 4.72 Å². The van der Waals surface area contributed by atoms with Crippen LogP contribution in [0.1, 0.15) is 37.6 Å². The Morgan fingerprint density at radius 1 is 1.45 bits per heavy atom. The summed E-state index contributed by atoms with van der Waals surface area (Å²) in [5.74, 6) is 0.467. The summed E-state index contributed by atoms with van der Waals surface area (Å²) in [6.07, 6.45) is 2.75. The van der Waals surface area contributed by atoms with Crippen LogP contribution in [0.2, 0.25) is 0 Å². The van der Waals surface area contributed by atoms with Crippen molar-refractivity contribution in [2.24, 2.45) is 5.92 Å². The maximum atomic E-state index is 12.5. The minimum Gasteiger partial charge on any atom is -0.396 e. The van der Waals surface area contributed by atoms with Crippen LogP contribution in [0.3, 0.4) is 0 Å². The second kappa shape index (κ2) is 5.83. The van der Waals surface area contributed by atoms with Crippen molar-refractivity contribution in [3.63, 3.8) is 0 Å². The molecule has 2 rings (SSSR count). The van der Waals surface area contributed by atoms with Gasteiger partial charge < -0.3 is 5.11 Å². The van der Waals surface area contributed by atoms with Gasteiger partial charge in [-0.15, -0.1) is 0 Å². The Kier molecular flexibility index (Phi) is 4.51. The zero-order valence-electron chi connectivity index (χ0n) is 12.3. The highest BCUT2D eigenvalue weighted by molar-refractivity contribution is 7.89. The lowest BCUT2D eigenvalue weighted by Gasteiger charge is -2.13. The van der Waals surface area contributed by atoms with E-state index in [0.717, 1.165) is 12.8 Å². The van der Waals surface area contributed by atoms with Crippen LogP contribution in [0.15, 0.2) is 4.90 Å². The first-order valence-electron chi connectivity index (χ1n) is 7.04. The molecule has 0 bridgehead atoms. The average Bonchev–Trinajstić information content (AvgIpc) is 3.13. The van der Waals surface area contributed by atoms with Crippen molar-refractivity contribution >= 4 is 10.0 Å². The van der Waals surface area contributed by atoms with Gasteiger partial charge in [0.1, 0.15) is 4.90 Å². The zero-order chi connectivity index (χ0) is 14.9. The van der Waals surface area contributed by atoms with Gasteiger partial charge in [-0.05, 0) is 46.0 Å². The molecule has 1 aromatic rings. The number of aryl methyl sites for hydroxylation is 2. The topological polar surface area (TPSA) is 84.2 Å². The van der Waals surface area contributed by atoms with Crippen LogP contribution in [0.25, 0.3) is 0 Å². The zero-order valence-corrected chi connectivity index (χ0v) is 13.1. The monoisotopic (exact) mass is 301 g/mol. The van der Waals surface area contributed by atoms with Gasteiger partial charge in [-0.3, -0.25) is 4.68 Å². The average molecular weight is 301 g/mol. The largest absolute Gasteiger partial charge is 0.396 e.